The van der Waals surface area contributed by atoms with Crippen LogP contribution < -0.4 is 5.73 Å². The quantitative estimate of drug-likeness (QED) is 0.803. The van der Waals surface area contributed by atoms with Crippen LogP contribution in [0.3, 0.4) is 0 Å². The highest BCUT2D eigenvalue weighted by atomic mass is 127. The maximum Gasteiger partial charge on any atom is 0.0799 e. The van der Waals surface area contributed by atoms with Crippen molar-refractivity contribution in [2.24, 2.45) is 5.73 Å². The fourth-order valence-corrected chi connectivity index (χ4v) is 2.39. The van der Waals surface area contributed by atoms with Gasteiger partial charge in [0.25, 0.3) is 0 Å². The fraction of sp³-hybridized carbons (Fsp3) is 0.0909. The summed E-state index contributed by atoms with van der Waals surface area (Å²) >= 11 is 5.76. The molecule has 0 saturated heterocycles. The van der Waals surface area contributed by atoms with E-state index in [0.717, 1.165) is 19.3 Å². The lowest BCUT2D eigenvalue weighted by atomic mass is 10.1. The lowest BCUT2D eigenvalue weighted by molar-refractivity contribution is 0.813. The summed E-state index contributed by atoms with van der Waals surface area (Å²) in [5, 5.41) is 0. The van der Waals surface area contributed by atoms with Crippen molar-refractivity contribution in [2.45, 2.75) is 6.04 Å². The molecule has 1 aromatic carbocycles. The lowest BCUT2D eigenvalue weighted by Gasteiger charge is -2.13. The number of hydrogen-bond acceptors (Lipinski definition) is 3. The third-order valence-corrected chi connectivity index (χ3v) is 3.59. The minimum Gasteiger partial charge on any atom is -0.319 e. The highest BCUT2D eigenvalue weighted by Gasteiger charge is 2.13. The molecule has 2 N–H and O–H groups in total. The predicted molar refractivity (Wildman–Crippen MR) is 74.9 cm³/mol. The zero-order chi connectivity index (χ0) is 11.5. The SMILES string of the molecule is NC(c1cnccn1)c1cc(I)ccc1Br. The molecular formula is C11H9BrIN3. The second-order valence-electron chi connectivity index (χ2n) is 3.27. The molecule has 82 valence electrons. The van der Waals surface area contributed by atoms with Crippen LogP contribution in [0.15, 0.2) is 41.3 Å². The van der Waals surface area contributed by atoms with Crippen molar-refractivity contribution in [3.63, 3.8) is 0 Å². The smallest absolute Gasteiger partial charge is 0.0799 e. The molecule has 0 amide bonds. The number of halogens is 2. The normalized spacial score (nSPS) is 12.4. The third-order valence-electron chi connectivity index (χ3n) is 2.19. The lowest BCUT2D eigenvalue weighted by Crippen LogP contribution is -2.14. The molecule has 1 heterocycles. The molecule has 0 fully saturated rings. The Bertz CT molecular complexity index is 490. The molecule has 0 radical (unpaired) electrons. The van der Waals surface area contributed by atoms with E-state index in [-0.39, 0.29) is 6.04 Å². The Balaban J connectivity index is 2.41. The fourth-order valence-electron chi connectivity index (χ4n) is 1.38. The zero-order valence-corrected chi connectivity index (χ0v) is 12.0. The molecule has 0 bridgehead atoms. The molecule has 0 aliphatic heterocycles. The average molecular weight is 390 g/mol. The van der Waals surface area contributed by atoms with E-state index < -0.39 is 0 Å². The Kier molecular flexibility index (Phi) is 3.88. The van der Waals surface area contributed by atoms with E-state index in [0.29, 0.717) is 0 Å². The topological polar surface area (TPSA) is 51.8 Å². The van der Waals surface area contributed by atoms with Gasteiger partial charge in [-0.15, -0.1) is 0 Å². The molecule has 2 aromatic rings. The summed E-state index contributed by atoms with van der Waals surface area (Å²) < 4.78 is 2.14. The molecule has 1 unspecified atom stereocenters. The Labute approximate surface area is 116 Å². The summed E-state index contributed by atoms with van der Waals surface area (Å²) in [7, 11) is 0. The van der Waals surface area contributed by atoms with Gasteiger partial charge in [-0.3, -0.25) is 9.97 Å². The number of rotatable bonds is 2. The number of benzene rings is 1. The molecule has 5 heteroatoms. The largest absolute Gasteiger partial charge is 0.319 e. The molecule has 0 spiro atoms. The molecule has 0 aliphatic rings. The second-order valence-corrected chi connectivity index (χ2v) is 5.37. The first-order valence-corrected chi connectivity index (χ1v) is 6.52. The van der Waals surface area contributed by atoms with E-state index in [1.807, 2.05) is 18.2 Å². The molecule has 3 nitrogen and oxygen atoms in total. The van der Waals surface area contributed by atoms with Crippen LogP contribution in [0.5, 0.6) is 0 Å². The summed E-state index contributed by atoms with van der Waals surface area (Å²) in [6, 6.07) is 5.81. The van der Waals surface area contributed by atoms with Crippen molar-refractivity contribution in [3.8, 4) is 0 Å². The van der Waals surface area contributed by atoms with Crippen LogP contribution in [0.25, 0.3) is 0 Å². The van der Waals surface area contributed by atoms with Crippen molar-refractivity contribution < 1.29 is 0 Å². The third kappa shape index (κ3) is 2.58. The molecule has 2 rings (SSSR count). The van der Waals surface area contributed by atoms with Crippen LogP contribution >= 0.6 is 38.5 Å². The van der Waals surface area contributed by atoms with Gasteiger partial charge < -0.3 is 5.73 Å². The van der Waals surface area contributed by atoms with Crippen LogP contribution in [0.4, 0.5) is 0 Å². The van der Waals surface area contributed by atoms with Crippen LogP contribution in [-0.2, 0) is 0 Å². The number of nitrogens with zero attached hydrogens (tertiary/aromatic N) is 2. The van der Waals surface area contributed by atoms with Crippen molar-refractivity contribution >= 4 is 38.5 Å². The van der Waals surface area contributed by atoms with Gasteiger partial charge in [0.1, 0.15) is 0 Å². The first-order valence-electron chi connectivity index (χ1n) is 4.65. The first kappa shape index (κ1) is 11.9. The van der Waals surface area contributed by atoms with Gasteiger partial charge in [0.2, 0.25) is 0 Å². The van der Waals surface area contributed by atoms with Crippen LogP contribution in [0.2, 0.25) is 0 Å². The first-order chi connectivity index (χ1) is 7.68. The highest BCUT2D eigenvalue weighted by molar-refractivity contribution is 14.1. The van der Waals surface area contributed by atoms with Crippen molar-refractivity contribution in [1.82, 2.24) is 9.97 Å². The summed E-state index contributed by atoms with van der Waals surface area (Å²) in [6.45, 7) is 0. The molecule has 1 aromatic heterocycles. The second kappa shape index (κ2) is 5.20. The minimum absolute atomic E-state index is 0.252. The van der Waals surface area contributed by atoms with Crippen molar-refractivity contribution in [1.29, 1.82) is 0 Å². The Morgan fingerprint density at radius 2 is 2.12 bits per heavy atom. The number of hydrogen-bond donors (Lipinski definition) is 1. The maximum atomic E-state index is 6.15. The monoisotopic (exact) mass is 389 g/mol. The molecular weight excluding hydrogens is 381 g/mol. The molecule has 1 atom stereocenters. The van der Waals surface area contributed by atoms with E-state index in [4.69, 9.17) is 5.73 Å². The summed E-state index contributed by atoms with van der Waals surface area (Å²) in [6.07, 6.45) is 4.98. The van der Waals surface area contributed by atoms with E-state index in [1.165, 1.54) is 0 Å². The van der Waals surface area contributed by atoms with E-state index >= 15 is 0 Å². The predicted octanol–water partition coefficient (Wildman–Crippen LogP) is 2.89. The van der Waals surface area contributed by atoms with E-state index in [2.05, 4.69) is 48.5 Å². The Morgan fingerprint density at radius 1 is 1.31 bits per heavy atom. The van der Waals surface area contributed by atoms with E-state index in [1.54, 1.807) is 18.6 Å². The highest BCUT2D eigenvalue weighted by Crippen LogP contribution is 2.27. The molecule has 0 saturated carbocycles. The average Bonchev–Trinajstić information content (AvgIpc) is 2.32. The minimum atomic E-state index is -0.252. The van der Waals surface area contributed by atoms with Gasteiger partial charge in [-0.1, -0.05) is 15.9 Å². The standard InChI is InChI=1S/C11H9BrIN3/c12-9-2-1-7(13)5-8(9)11(14)10-6-15-3-4-16-10/h1-6,11H,14H2. The van der Waals surface area contributed by atoms with Gasteiger partial charge in [0.15, 0.2) is 0 Å². The summed E-state index contributed by atoms with van der Waals surface area (Å²) in [4.78, 5) is 8.24. The number of nitrogens with two attached hydrogens (primary N) is 1. The van der Waals surface area contributed by atoms with Crippen LogP contribution in [-0.4, -0.2) is 9.97 Å². The number of aromatic nitrogens is 2. The van der Waals surface area contributed by atoms with Crippen LogP contribution in [0, 0.1) is 3.57 Å². The van der Waals surface area contributed by atoms with E-state index in [9.17, 15) is 0 Å². The van der Waals surface area contributed by atoms with Gasteiger partial charge in [-0.05, 0) is 46.4 Å². The Hall–Kier alpha value is -0.530. The molecule has 0 aliphatic carbocycles. The zero-order valence-electron chi connectivity index (χ0n) is 8.27. The van der Waals surface area contributed by atoms with Gasteiger partial charge in [-0.2, -0.15) is 0 Å². The van der Waals surface area contributed by atoms with Gasteiger partial charge in [-0.25, -0.2) is 0 Å². The molecule has 16 heavy (non-hydrogen) atoms. The summed E-state index contributed by atoms with van der Waals surface area (Å²) in [5.41, 5.74) is 7.94. The van der Waals surface area contributed by atoms with Crippen molar-refractivity contribution in [3.05, 3.63) is 56.1 Å². The van der Waals surface area contributed by atoms with Crippen LogP contribution in [0.1, 0.15) is 17.3 Å². The Morgan fingerprint density at radius 3 is 2.81 bits per heavy atom. The van der Waals surface area contributed by atoms with Crippen molar-refractivity contribution in [2.75, 3.05) is 0 Å². The van der Waals surface area contributed by atoms with Gasteiger partial charge in [0.05, 0.1) is 17.9 Å². The maximum absolute atomic E-state index is 6.15. The van der Waals surface area contributed by atoms with Gasteiger partial charge >= 0.3 is 0 Å². The summed E-state index contributed by atoms with van der Waals surface area (Å²) in [5.74, 6) is 0. The van der Waals surface area contributed by atoms with Gasteiger partial charge in [0, 0.05) is 20.4 Å².